The van der Waals surface area contributed by atoms with Gasteiger partial charge in [-0.15, -0.1) is 0 Å². The third kappa shape index (κ3) is 3.89. The zero-order valence-corrected chi connectivity index (χ0v) is 12.7. The Kier molecular flexibility index (Phi) is 4.99. The smallest absolute Gasteiger partial charge is 0.457 e. The molecule has 2 aliphatic rings. The van der Waals surface area contributed by atoms with E-state index in [-0.39, 0.29) is 7.12 Å². The minimum atomic E-state index is 0.00682. The molecule has 1 unspecified atom stereocenters. The molecule has 1 atom stereocenters. The lowest BCUT2D eigenvalue weighted by Crippen LogP contribution is -2.21. The van der Waals surface area contributed by atoms with Crippen LogP contribution in [-0.4, -0.2) is 27.4 Å². The second-order valence-corrected chi connectivity index (χ2v) is 5.84. The monoisotopic (exact) mass is 286 g/mol. The van der Waals surface area contributed by atoms with E-state index < -0.39 is 0 Å². The van der Waals surface area contributed by atoms with Crippen molar-refractivity contribution >= 4 is 13.2 Å². The van der Waals surface area contributed by atoms with E-state index in [2.05, 4.69) is 18.2 Å². The van der Waals surface area contributed by atoms with E-state index in [0.29, 0.717) is 5.92 Å². The van der Waals surface area contributed by atoms with E-state index in [1.807, 2.05) is 12.1 Å². The summed E-state index contributed by atoms with van der Waals surface area (Å²) in [4.78, 5) is 0. The van der Waals surface area contributed by atoms with Crippen LogP contribution in [0.4, 0.5) is 0 Å². The van der Waals surface area contributed by atoms with Gasteiger partial charge in [-0.3, -0.25) is 0 Å². The van der Waals surface area contributed by atoms with Gasteiger partial charge < -0.3 is 14.0 Å². The van der Waals surface area contributed by atoms with Gasteiger partial charge in [0.15, 0.2) is 0 Å². The fourth-order valence-electron chi connectivity index (χ4n) is 3.26. The highest BCUT2D eigenvalue weighted by Crippen LogP contribution is 2.35. The molecule has 0 aromatic heterocycles. The fourth-order valence-corrected chi connectivity index (χ4v) is 3.26. The van der Waals surface area contributed by atoms with Crippen molar-refractivity contribution in [3.05, 3.63) is 35.4 Å². The fraction of sp³-hybridized carbons (Fsp3) is 0.529. The van der Waals surface area contributed by atoms with E-state index >= 15 is 0 Å². The average Bonchev–Trinajstić information content (AvgIpc) is 3.03. The quantitative estimate of drug-likeness (QED) is 0.788. The maximum atomic E-state index is 5.62. The van der Waals surface area contributed by atoms with Gasteiger partial charge >= 0.3 is 7.12 Å². The van der Waals surface area contributed by atoms with E-state index in [1.54, 1.807) is 12.7 Å². The Hall–Kier alpha value is -1.26. The van der Waals surface area contributed by atoms with Gasteiger partial charge in [0, 0.05) is 0 Å². The number of allylic oxidation sites excluding steroid dienone is 1. The van der Waals surface area contributed by atoms with Crippen LogP contribution in [0.2, 0.25) is 6.32 Å². The lowest BCUT2D eigenvalue weighted by Gasteiger charge is -2.26. The van der Waals surface area contributed by atoms with Crippen LogP contribution in [0.25, 0.3) is 6.08 Å². The van der Waals surface area contributed by atoms with E-state index in [1.165, 1.54) is 31.2 Å². The molecule has 0 radical (unpaired) electrons. The summed E-state index contributed by atoms with van der Waals surface area (Å²) in [6.07, 6.45) is 8.41. The van der Waals surface area contributed by atoms with Gasteiger partial charge in [0.25, 0.3) is 0 Å². The molecule has 2 fully saturated rings. The summed E-state index contributed by atoms with van der Waals surface area (Å²) in [6.45, 7) is 1.49. The van der Waals surface area contributed by atoms with Crippen molar-refractivity contribution in [3.63, 3.8) is 0 Å². The number of rotatable bonds is 4. The number of hydrogen-bond acceptors (Lipinski definition) is 3. The zero-order chi connectivity index (χ0) is 14.5. The molecule has 112 valence electrons. The van der Waals surface area contributed by atoms with Gasteiger partial charge in [0.05, 0.1) is 20.3 Å². The van der Waals surface area contributed by atoms with Crippen LogP contribution in [0.3, 0.4) is 0 Å². The Balaban J connectivity index is 1.70. The van der Waals surface area contributed by atoms with Crippen molar-refractivity contribution in [1.29, 1.82) is 0 Å². The second-order valence-electron chi connectivity index (χ2n) is 5.84. The molecule has 1 aliphatic carbocycles. The summed E-state index contributed by atoms with van der Waals surface area (Å²) in [7, 11) is 1.71. The standard InChI is InChI=1S/C17H23BO3/c1-19-17-8-6-14(7-9-17)12-15-4-2-3-5-16(15)13-18-20-10-11-21-18/h6-9,12,16H,2-5,10-11,13H2,1H3/b15-12+. The molecule has 1 aromatic carbocycles. The predicted molar refractivity (Wildman–Crippen MR) is 85.4 cm³/mol. The van der Waals surface area contributed by atoms with Crippen LogP contribution in [0.1, 0.15) is 31.2 Å². The molecule has 3 nitrogen and oxygen atoms in total. The van der Waals surface area contributed by atoms with Gasteiger partial charge in [-0.2, -0.15) is 0 Å². The molecule has 0 N–H and O–H groups in total. The van der Waals surface area contributed by atoms with Crippen molar-refractivity contribution in [3.8, 4) is 5.75 Å². The first kappa shape index (κ1) is 14.7. The maximum absolute atomic E-state index is 5.62. The molecule has 1 saturated carbocycles. The summed E-state index contributed by atoms with van der Waals surface area (Å²) in [6, 6.07) is 8.29. The summed E-state index contributed by atoms with van der Waals surface area (Å²) in [5.41, 5.74) is 2.80. The molecular weight excluding hydrogens is 263 g/mol. The minimum Gasteiger partial charge on any atom is -0.497 e. The Morgan fingerprint density at radius 3 is 2.67 bits per heavy atom. The van der Waals surface area contributed by atoms with Crippen molar-refractivity contribution in [1.82, 2.24) is 0 Å². The van der Waals surface area contributed by atoms with Gasteiger partial charge in [0.2, 0.25) is 0 Å². The maximum Gasteiger partial charge on any atom is 0.457 e. The summed E-state index contributed by atoms with van der Waals surface area (Å²) < 4.78 is 16.5. The van der Waals surface area contributed by atoms with Crippen LogP contribution in [0.15, 0.2) is 29.8 Å². The van der Waals surface area contributed by atoms with Crippen LogP contribution in [0.5, 0.6) is 5.75 Å². The number of methoxy groups -OCH3 is 1. The summed E-state index contributed by atoms with van der Waals surface area (Å²) >= 11 is 0. The summed E-state index contributed by atoms with van der Waals surface area (Å²) in [5, 5.41) is 0. The highest BCUT2D eigenvalue weighted by atomic mass is 16.6. The third-order valence-electron chi connectivity index (χ3n) is 4.43. The van der Waals surface area contributed by atoms with Crippen LogP contribution < -0.4 is 4.74 Å². The average molecular weight is 286 g/mol. The molecule has 21 heavy (non-hydrogen) atoms. The van der Waals surface area contributed by atoms with Crippen LogP contribution >= 0.6 is 0 Å². The predicted octanol–water partition coefficient (Wildman–Crippen LogP) is 3.80. The first-order valence-electron chi connectivity index (χ1n) is 7.93. The van der Waals surface area contributed by atoms with E-state index in [0.717, 1.165) is 25.3 Å². The Morgan fingerprint density at radius 2 is 1.95 bits per heavy atom. The Bertz CT molecular complexity index is 477. The SMILES string of the molecule is COc1ccc(/C=C2\CCCCC2CB2OCCO2)cc1. The highest BCUT2D eigenvalue weighted by Gasteiger charge is 2.30. The molecule has 1 aliphatic heterocycles. The van der Waals surface area contributed by atoms with Gasteiger partial charge in [-0.1, -0.05) is 30.2 Å². The van der Waals surface area contributed by atoms with Crippen molar-refractivity contribution < 1.29 is 14.0 Å². The molecule has 4 heteroatoms. The molecular formula is C17H23BO3. The van der Waals surface area contributed by atoms with Crippen molar-refractivity contribution in [2.75, 3.05) is 20.3 Å². The van der Waals surface area contributed by atoms with E-state index in [4.69, 9.17) is 14.0 Å². The van der Waals surface area contributed by atoms with Gasteiger partial charge in [-0.25, -0.2) is 0 Å². The highest BCUT2D eigenvalue weighted by molar-refractivity contribution is 6.45. The largest absolute Gasteiger partial charge is 0.497 e. The number of hydrogen-bond donors (Lipinski definition) is 0. The summed E-state index contributed by atoms with van der Waals surface area (Å²) in [5.74, 6) is 1.51. The zero-order valence-electron chi connectivity index (χ0n) is 12.7. The molecule has 3 rings (SSSR count). The van der Waals surface area contributed by atoms with Gasteiger partial charge in [-0.05, 0) is 49.2 Å². The Morgan fingerprint density at radius 1 is 1.19 bits per heavy atom. The van der Waals surface area contributed by atoms with Crippen LogP contribution in [0, 0.1) is 5.92 Å². The molecule has 1 heterocycles. The van der Waals surface area contributed by atoms with E-state index in [9.17, 15) is 0 Å². The number of benzene rings is 1. The second kappa shape index (κ2) is 7.14. The molecule has 0 bridgehead atoms. The third-order valence-corrected chi connectivity index (χ3v) is 4.43. The topological polar surface area (TPSA) is 27.7 Å². The Labute approximate surface area is 127 Å². The first-order chi connectivity index (χ1) is 10.3. The van der Waals surface area contributed by atoms with Crippen molar-refractivity contribution in [2.45, 2.75) is 32.0 Å². The molecule has 0 spiro atoms. The minimum absolute atomic E-state index is 0.00682. The molecule has 1 saturated heterocycles. The molecule has 1 aromatic rings. The normalized spacial score (nSPS) is 24.5. The van der Waals surface area contributed by atoms with Crippen LogP contribution in [-0.2, 0) is 9.31 Å². The van der Waals surface area contributed by atoms with Gasteiger partial charge in [0.1, 0.15) is 5.75 Å². The molecule has 0 amide bonds. The number of ether oxygens (including phenoxy) is 1. The lowest BCUT2D eigenvalue weighted by atomic mass is 9.69. The van der Waals surface area contributed by atoms with Crippen molar-refractivity contribution in [2.24, 2.45) is 5.92 Å². The lowest BCUT2D eigenvalue weighted by molar-refractivity contribution is 0.354. The first-order valence-corrected chi connectivity index (χ1v) is 7.93.